The fourth-order valence-electron chi connectivity index (χ4n) is 4.37. The van der Waals surface area contributed by atoms with Crippen LogP contribution in [0.25, 0.3) is 0 Å². The van der Waals surface area contributed by atoms with Crippen molar-refractivity contribution in [1.29, 1.82) is 0 Å². The van der Waals surface area contributed by atoms with E-state index in [0.717, 1.165) is 18.5 Å². The molecule has 1 saturated heterocycles. The van der Waals surface area contributed by atoms with Crippen molar-refractivity contribution in [1.82, 2.24) is 4.90 Å². The minimum absolute atomic E-state index is 0.409. The summed E-state index contributed by atoms with van der Waals surface area (Å²) in [6, 6.07) is 0.886. The van der Waals surface area contributed by atoms with Gasteiger partial charge in [-0.25, -0.2) is 0 Å². The Balaban J connectivity index is 1.88. The van der Waals surface area contributed by atoms with Crippen LogP contribution in [0.4, 0.5) is 0 Å². The van der Waals surface area contributed by atoms with Gasteiger partial charge in [0.2, 0.25) is 0 Å². The lowest BCUT2D eigenvalue weighted by Gasteiger charge is -2.34. The predicted octanol–water partition coefficient (Wildman–Crippen LogP) is 3.65. The second-order valence-electron chi connectivity index (χ2n) is 8.12. The molecule has 1 saturated carbocycles. The summed E-state index contributed by atoms with van der Waals surface area (Å²) in [6.07, 6.45) is 10.0. The van der Waals surface area contributed by atoms with Crippen molar-refractivity contribution in [2.45, 2.75) is 71.8 Å². The van der Waals surface area contributed by atoms with Crippen LogP contribution in [0.15, 0.2) is 0 Å². The number of rotatable bonds is 5. The van der Waals surface area contributed by atoms with E-state index in [1.54, 1.807) is 0 Å². The highest BCUT2D eigenvalue weighted by Gasteiger charge is 2.34. The van der Waals surface area contributed by atoms with Crippen LogP contribution >= 0.6 is 0 Å². The first-order chi connectivity index (χ1) is 8.99. The smallest absolute Gasteiger partial charge is 0.0124 e. The van der Waals surface area contributed by atoms with Crippen LogP contribution in [0.2, 0.25) is 0 Å². The zero-order valence-corrected chi connectivity index (χ0v) is 13.3. The normalized spacial score (nSPS) is 28.1. The molecule has 0 aromatic rings. The van der Waals surface area contributed by atoms with Gasteiger partial charge in [0.05, 0.1) is 0 Å². The van der Waals surface area contributed by atoms with Gasteiger partial charge < -0.3 is 5.73 Å². The SMILES string of the molecule is CC(C)(C)CC(CN)CN1CCCC1C1CCCC1. The zero-order chi connectivity index (χ0) is 13.9. The van der Waals surface area contributed by atoms with Gasteiger partial charge in [0.15, 0.2) is 0 Å². The van der Waals surface area contributed by atoms with Gasteiger partial charge in [-0.3, -0.25) is 4.90 Å². The molecule has 1 aliphatic carbocycles. The van der Waals surface area contributed by atoms with Crippen LogP contribution in [-0.2, 0) is 0 Å². The van der Waals surface area contributed by atoms with E-state index in [2.05, 4.69) is 25.7 Å². The standard InChI is InChI=1S/C17H34N2/c1-17(2,3)11-14(12-18)13-19-10-6-9-16(19)15-7-4-5-8-15/h14-16H,4-13,18H2,1-3H3. The van der Waals surface area contributed by atoms with Crippen LogP contribution in [0, 0.1) is 17.3 Å². The molecule has 0 radical (unpaired) electrons. The van der Waals surface area contributed by atoms with Crippen molar-refractivity contribution < 1.29 is 0 Å². The second-order valence-corrected chi connectivity index (χ2v) is 8.12. The van der Waals surface area contributed by atoms with Gasteiger partial charge in [-0.2, -0.15) is 0 Å². The first kappa shape index (κ1) is 15.3. The Morgan fingerprint density at radius 1 is 1.11 bits per heavy atom. The quantitative estimate of drug-likeness (QED) is 0.823. The molecule has 0 bridgehead atoms. The van der Waals surface area contributed by atoms with E-state index in [9.17, 15) is 0 Å². The zero-order valence-electron chi connectivity index (χ0n) is 13.3. The molecule has 0 aromatic heterocycles. The molecule has 0 spiro atoms. The highest BCUT2D eigenvalue weighted by molar-refractivity contribution is 4.89. The van der Waals surface area contributed by atoms with Gasteiger partial charge >= 0.3 is 0 Å². The van der Waals surface area contributed by atoms with Crippen LogP contribution in [0.5, 0.6) is 0 Å². The lowest BCUT2D eigenvalue weighted by atomic mass is 9.84. The Morgan fingerprint density at radius 3 is 2.37 bits per heavy atom. The van der Waals surface area contributed by atoms with Gasteiger partial charge in [0, 0.05) is 12.6 Å². The summed E-state index contributed by atoms with van der Waals surface area (Å²) in [7, 11) is 0. The Morgan fingerprint density at radius 2 is 1.79 bits per heavy atom. The van der Waals surface area contributed by atoms with Crippen LogP contribution in [0.3, 0.4) is 0 Å². The molecule has 1 heterocycles. The lowest BCUT2D eigenvalue weighted by molar-refractivity contribution is 0.147. The van der Waals surface area contributed by atoms with Crippen LogP contribution in [-0.4, -0.2) is 30.6 Å². The van der Waals surface area contributed by atoms with Crippen molar-refractivity contribution in [3.05, 3.63) is 0 Å². The molecule has 2 heteroatoms. The minimum Gasteiger partial charge on any atom is -0.330 e. The highest BCUT2D eigenvalue weighted by atomic mass is 15.2. The van der Waals surface area contributed by atoms with E-state index < -0.39 is 0 Å². The van der Waals surface area contributed by atoms with Crippen molar-refractivity contribution in [3.63, 3.8) is 0 Å². The van der Waals surface area contributed by atoms with E-state index in [-0.39, 0.29) is 0 Å². The number of hydrogen-bond donors (Lipinski definition) is 1. The Kier molecular flexibility index (Phi) is 5.30. The Hall–Kier alpha value is -0.0800. The fourth-order valence-corrected chi connectivity index (χ4v) is 4.37. The molecule has 2 nitrogen and oxygen atoms in total. The van der Waals surface area contributed by atoms with E-state index in [4.69, 9.17) is 5.73 Å². The number of hydrogen-bond acceptors (Lipinski definition) is 2. The Bertz CT molecular complexity index is 263. The average Bonchev–Trinajstić information content (AvgIpc) is 2.95. The summed E-state index contributed by atoms with van der Waals surface area (Å²) in [5.74, 6) is 1.68. The van der Waals surface area contributed by atoms with E-state index >= 15 is 0 Å². The molecule has 2 aliphatic rings. The fraction of sp³-hybridized carbons (Fsp3) is 1.00. The molecule has 0 aromatic carbocycles. The first-order valence-electron chi connectivity index (χ1n) is 8.44. The average molecular weight is 266 g/mol. The molecule has 2 fully saturated rings. The maximum Gasteiger partial charge on any atom is 0.0124 e. The Labute approximate surface area is 120 Å². The summed E-state index contributed by atoms with van der Waals surface area (Å²) >= 11 is 0. The van der Waals surface area contributed by atoms with Crippen molar-refractivity contribution >= 4 is 0 Å². The summed E-state index contributed by atoms with van der Waals surface area (Å²) < 4.78 is 0. The number of nitrogens with zero attached hydrogens (tertiary/aromatic N) is 1. The third-order valence-electron chi connectivity index (χ3n) is 5.09. The first-order valence-corrected chi connectivity index (χ1v) is 8.44. The molecule has 2 unspecified atom stereocenters. The highest BCUT2D eigenvalue weighted by Crippen LogP contribution is 2.36. The summed E-state index contributed by atoms with van der Waals surface area (Å²) in [5.41, 5.74) is 6.44. The van der Waals surface area contributed by atoms with Crippen molar-refractivity contribution in [3.8, 4) is 0 Å². The molecule has 2 N–H and O–H groups in total. The summed E-state index contributed by atoms with van der Waals surface area (Å²) in [4.78, 5) is 2.79. The maximum absolute atomic E-state index is 6.03. The molecule has 19 heavy (non-hydrogen) atoms. The van der Waals surface area contributed by atoms with Gasteiger partial charge in [-0.15, -0.1) is 0 Å². The maximum atomic E-state index is 6.03. The monoisotopic (exact) mass is 266 g/mol. The van der Waals surface area contributed by atoms with Crippen LogP contribution in [0.1, 0.15) is 65.7 Å². The minimum atomic E-state index is 0.409. The number of likely N-dealkylation sites (tertiary alicyclic amines) is 1. The van der Waals surface area contributed by atoms with Crippen molar-refractivity contribution in [2.75, 3.05) is 19.6 Å². The molecular weight excluding hydrogens is 232 g/mol. The van der Waals surface area contributed by atoms with Crippen LogP contribution < -0.4 is 5.73 Å². The molecule has 2 atom stereocenters. The molecule has 0 amide bonds. The third kappa shape index (κ3) is 4.46. The van der Waals surface area contributed by atoms with Gasteiger partial charge in [-0.1, -0.05) is 33.6 Å². The molecular formula is C17H34N2. The topological polar surface area (TPSA) is 29.3 Å². The lowest BCUT2D eigenvalue weighted by Crippen LogP contribution is -2.40. The van der Waals surface area contributed by atoms with Gasteiger partial charge in [-0.05, 0) is 62.4 Å². The summed E-state index contributed by atoms with van der Waals surface area (Å²) in [6.45, 7) is 10.4. The molecule has 112 valence electrons. The molecule has 1 aliphatic heterocycles. The predicted molar refractivity (Wildman–Crippen MR) is 83.2 cm³/mol. The summed E-state index contributed by atoms with van der Waals surface area (Å²) in [5, 5.41) is 0. The van der Waals surface area contributed by atoms with Gasteiger partial charge in [0.1, 0.15) is 0 Å². The number of nitrogens with two attached hydrogens (primary N) is 1. The van der Waals surface area contributed by atoms with Crippen molar-refractivity contribution in [2.24, 2.45) is 23.0 Å². The van der Waals surface area contributed by atoms with E-state index in [1.165, 1.54) is 58.0 Å². The molecule has 2 rings (SSSR count). The van der Waals surface area contributed by atoms with E-state index in [0.29, 0.717) is 11.3 Å². The van der Waals surface area contributed by atoms with E-state index in [1.807, 2.05) is 0 Å². The van der Waals surface area contributed by atoms with Gasteiger partial charge in [0.25, 0.3) is 0 Å². The largest absolute Gasteiger partial charge is 0.330 e. The second kappa shape index (κ2) is 6.58. The third-order valence-corrected chi connectivity index (χ3v) is 5.09.